The summed E-state index contributed by atoms with van der Waals surface area (Å²) in [7, 11) is 0. The highest BCUT2D eigenvalue weighted by atomic mass is 32.1. The van der Waals surface area contributed by atoms with Crippen LogP contribution >= 0.6 is 11.3 Å². The van der Waals surface area contributed by atoms with Gasteiger partial charge in [-0.15, -0.1) is 0 Å². The second kappa shape index (κ2) is 7.11. The van der Waals surface area contributed by atoms with Crippen LogP contribution in [0.15, 0.2) is 47.3 Å². The van der Waals surface area contributed by atoms with Gasteiger partial charge in [-0.05, 0) is 51.1 Å². The molecule has 0 saturated carbocycles. The van der Waals surface area contributed by atoms with Gasteiger partial charge in [0.1, 0.15) is 5.75 Å². The van der Waals surface area contributed by atoms with E-state index in [1.54, 1.807) is 17.6 Å². The first-order valence-corrected chi connectivity index (χ1v) is 8.97. The molecule has 0 bridgehead atoms. The number of thiazole rings is 1. The number of hydrogen-bond acceptors (Lipinski definition) is 4. The number of carbonyl (C=O) groups excluding carboxylic acids is 1. The molecule has 0 radical (unpaired) electrons. The van der Waals surface area contributed by atoms with Gasteiger partial charge in [0.15, 0.2) is 6.10 Å². The van der Waals surface area contributed by atoms with Crippen LogP contribution < -0.4 is 14.9 Å². The normalized spacial score (nSPS) is 12.1. The molecule has 3 rings (SSSR count). The monoisotopic (exact) mass is 356 g/mol. The molecular weight excluding hydrogens is 336 g/mol. The van der Waals surface area contributed by atoms with Crippen LogP contribution in [0.3, 0.4) is 0 Å². The van der Waals surface area contributed by atoms with Crippen molar-refractivity contribution in [1.82, 2.24) is 4.57 Å². The number of aromatic nitrogens is 1. The van der Waals surface area contributed by atoms with E-state index in [2.05, 4.69) is 5.32 Å². The Labute approximate surface area is 149 Å². The lowest BCUT2D eigenvalue weighted by molar-refractivity contribution is -0.122. The highest BCUT2D eigenvalue weighted by Crippen LogP contribution is 2.22. The third kappa shape index (κ3) is 3.74. The lowest BCUT2D eigenvalue weighted by Gasteiger charge is -2.15. The van der Waals surface area contributed by atoms with E-state index in [1.807, 2.05) is 50.2 Å². The predicted octanol–water partition coefficient (Wildman–Crippen LogP) is 3.80. The number of anilines is 1. The minimum absolute atomic E-state index is 0.0112. The van der Waals surface area contributed by atoms with Gasteiger partial charge in [0, 0.05) is 12.2 Å². The molecular formula is C19H20N2O3S. The van der Waals surface area contributed by atoms with Crippen LogP contribution in [0.5, 0.6) is 5.75 Å². The number of aryl methyl sites for hydroxylation is 2. The molecule has 3 aromatic rings. The van der Waals surface area contributed by atoms with Crippen molar-refractivity contribution >= 4 is 33.1 Å². The lowest BCUT2D eigenvalue weighted by atomic mass is 10.2. The maximum atomic E-state index is 12.3. The maximum Gasteiger partial charge on any atom is 0.308 e. The third-order valence-electron chi connectivity index (χ3n) is 3.96. The fraction of sp³-hybridized carbons (Fsp3) is 0.263. The molecule has 2 aromatic carbocycles. The number of carbonyl (C=O) groups is 1. The molecule has 130 valence electrons. The summed E-state index contributed by atoms with van der Waals surface area (Å²) in [5.41, 5.74) is 2.68. The van der Waals surface area contributed by atoms with E-state index in [4.69, 9.17) is 4.74 Å². The van der Waals surface area contributed by atoms with Gasteiger partial charge in [0.25, 0.3) is 5.91 Å². The van der Waals surface area contributed by atoms with Gasteiger partial charge >= 0.3 is 4.87 Å². The van der Waals surface area contributed by atoms with Crippen LogP contribution in [0.1, 0.15) is 19.4 Å². The van der Waals surface area contributed by atoms with Crippen molar-refractivity contribution in [3.05, 3.63) is 57.7 Å². The summed E-state index contributed by atoms with van der Waals surface area (Å²) < 4.78 is 8.24. The number of fused-ring (bicyclic) bond motifs is 1. The average molecular weight is 356 g/mol. The molecule has 1 aromatic heterocycles. The van der Waals surface area contributed by atoms with Crippen molar-refractivity contribution in [2.75, 3.05) is 5.32 Å². The van der Waals surface area contributed by atoms with Crippen molar-refractivity contribution in [2.24, 2.45) is 0 Å². The van der Waals surface area contributed by atoms with Gasteiger partial charge in [0.2, 0.25) is 0 Å². The van der Waals surface area contributed by atoms with Crippen LogP contribution in [0.25, 0.3) is 10.2 Å². The average Bonchev–Trinajstić information content (AvgIpc) is 2.91. The second-order valence-electron chi connectivity index (χ2n) is 5.86. The quantitative estimate of drug-likeness (QED) is 0.756. The Hall–Kier alpha value is -2.60. The SMILES string of the molecule is CCn1c(=O)sc2cc(NC(=O)[C@@H](C)Oc3ccc(C)cc3)ccc21. The van der Waals surface area contributed by atoms with E-state index >= 15 is 0 Å². The first kappa shape index (κ1) is 17.2. The van der Waals surface area contributed by atoms with Gasteiger partial charge in [-0.2, -0.15) is 0 Å². The van der Waals surface area contributed by atoms with Gasteiger partial charge < -0.3 is 10.1 Å². The van der Waals surface area contributed by atoms with Gasteiger partial charge in [-0.25, -0.2) is 0 Å². The van der Waals surface area contributed by atoms with Gasteiger partial charge in [-0.3, -0.25) is 14.2 Å². The summed E-state index contributed by atoms with van der Waals surface area (Å²) in [6.07, 6.45) is -0.627. The molecule has 0 unspecified atom stereocenters. The summed E-state index contributed by atoms with van der Waals surface area (Å²) in [5, 5.41) is 2.84. The molecule has 1 heterocycles. The number of rotatable bonds is 5. The largest absolute Gasteiger partial charge is 0.481 e. The van der Waals surface area contributed by atoms with Crippen molar-refractivity contribution in [3.63, 3.8) is 0 Å². The van der Waals surface area contributed by atoms with Crippen molar-refractivity contribution in [1.29, 1.82) is 0 Å². The molecule has 0 spiro atoms. The van der Waals surface area contributed by atoms with Gasteiger partial charge in [-0.1, -0.05) is 29.0 Å². The first-order valence-electron chi connectivity index (χ1n) is 8.15. The summed E-state index contributed by atoms with van der Waals surface area (Å²) in [4.78, 5) is 24.3. The molecule has 25 heavy (non-hydrogen) atoms. The van der Waals surface area contributed by atoms with Crippen LogP contribution in [-0.2, 0) is 11.3 Å². The summed E-state index contributed by atoms with van der Waals surface area (Å²) in [6, 6.07) is 13.0. The van der Waals surface area contributed by atoms with Crippen molar-refractivity contribution in [3.8, 4) is 5.75 Å². The molecule has 0 aliphatic heterocycles. The molecule has 1 amide bonds. The fourth-order valence-electron chi connectivity index (χ4n) is 2.56. The topological polar surface area (TPSA) is 60.3 Å². The van der Waals surface area contributed by atoms with E-state index in [0.29, 0.717) is 18.0 Å². The van der Waals surface area contributed by atoms with E-state index in [0.717, 1.165) is 15.8 Å². The molecule has 0 aliphatic carbocycles. The smallest absolute Gasteiger partial charge is 0.308 e. The number of nitrogens with one attached hydrogen (secondary N) is 1. The van der Waals surface area contributed by atoms with E-state index in [1.165, 1.54) is 11.3 Å². The highest BCUT2D eigenvalue weighted by Gasteiger charge is 2.15. The molecule has 1 N–H and O–H groups in total. The van der Waals surface area contributed by atoms with Crippen LogP contribution in [-0.4, -0.2) is 16.6 Å². The second-order valence-corrected chi connectivity index (χ2v) is 6.85. The van der Waals surface area contributed by atoms with E-state index in [9.17, 15) is 9.59 Å². The standard InChI is InChI=1S/C19H20N2O3S/c1-4-21-16-10-7-14(11-17(16)25-19(21)23)20-18(22)13(3)24-15-8-5-12(2)6-9-15/h5-11,13H,4H2,1-3H3,(H,20,22)/t13-/m1/s1. The first-order chi connectivity index (χ1) is 12.0. The van der Waals surface area contributed by atoms with Crippen LogP contribution in [0.2, 0.25) is 0 Å². The Kier molecular flexibility index (Phi) is 4.90. The Morgan fingerprint density at radius 1 is 1.24 bits per heavy atom. The number of ether oxygens (including phenoxy) is 1. The highest BCUT2D eigenvalue weighted by molar-refractivity contribution is 7.16. The van der Waals surface area contributed by atoms with E-state index < -0.39 is 6.10 Å². The van der Waals surface area contributed by atoms with Crippen LogP contribution in [0, 0.1) is 6.92 Å². The van der Waals surface area contributed by atoms with Gasteiger partial charge in [0.05, 0.1) is 10.2 Å². The zero-order chi connectivity index (χ0) is 18.0. The van der Waals surface area contributed by atoms with Crippen molar-refractivity contribution < 1.29 is 9.53 Å². The minimum atomic E-state index is -0.627. The predicted molar refractivity (Wildman–Crippen MR) is 102 cm³/mol. The molecule has 0 aliphatic rings. The zero-order valence-corrected chi connectivity index (χ0v) is 15.2. The van der Waals surface area contributed by atoms with E-state index in [-0.39, 0.29) is 10.8 Å². The summed E-state index contributed by atoms with van der Waals surface area (Å²) in [5.74, 6) is 0.420. The third-order valence-corrected chi connectivity index (χ3v) is 4.90. The maximum absolute atomic E-state index is 12.3. The van der Waals surface area contributed by atoms with Crippen LogP contribution in [0.4, 0.5) is 5.69 Å². The molecule has 0 saturated heterocycles. The Morgan fingerprint density at radius 3 is 2.64 bits per heavy atom. The summed E-state index contributed by atoms with van der Waals surface area (Å²) >= 11 is 1.18. The number of amides is 1. The Morgan fingerprint density at radius 2 is 1.96 bits per heavy atom. The molecule has 1 atom stereocenters. The number of hydrogen-bond donors (Lipinski definition) is 1. The molecule has 0 fully saturated rings. The molecule has 5 nitrogen and oxygen atoms in total. The summed E-state index contributed by atoms with van der Waals surface area (Å²) in [6.45, 7) is 6.27. The zero-order valence-electron chi connectivity index (χ0n) is 14.4. The Balaban J connectivity index is 1.72. The Bertz CT molecular complexity index is 957. The number of benzene rings is 2. The fourth-order valence-corrected chi connectivity index (χ4v) is 3.56. The number of nitrogens with zero attached hydrogens (tertiary/aromatic N) is 1. The van der Waals surface area contributed by atoms with Crippen molar-refractivity contribution in [2.45, 2.75) is 33.4 Å². The molecule has 6 heteroatoms. The minimum Gasteiger partial charge on any atom is -0.481 e. The lowest BCUT2D eigenvalue weighted by Crippen LogP contribution is -2.30.